The van der Waals surface area contributed by atoms with E-state index in [4.69, 9.17) is 0 Å². The van der Waals surface area contributed by atoms with Crippen LogP contribution in [-0.4, -0.2) is 36.6 Å². The zero-order valence-electron chi connectivity index (χ0n) is 13.5. The van der Waals surface area contributed by atoms with Gasteiger partial charge in [-0.25, -0.2) is 4.98 Å². The number of carbonyl (C=O) groups excluding carboxylic acids is 1. The molecule has 3 aromatic heterocycles. The van der Waals surface area contributed by atoms with Gasteiger partial charge in [-0.2, -0.15) is 5.10 Å². The maximum absolute atomic E-state index is 12.7. The Hall–Kier alpha value is -2.26. The number of rotatable bonds is 5. The number of aromatic nitrogens is 5. The van der Waals surface area contributed by atoms with Crippen molar-refractivity contribution in [1.29, 1.82) is 0 Å². The molecule has 0 aromatic carbocycles. The predicted molar refractivity (Wildman–Crippen MR) is 96.8 cm³/mol. The number of nitrogens with one attached hydrogen (secondary N) is 1. The van der Waals surface area contributed by atoms with E-state index in [2.05, 4.69) is 32.2 Å². The molecule has 9 heteroatoms. The molecule has 0 saturated heterocycles. The molecule has 0 spiro atoms. The number of carbonyl (C=O) groups is 1. The van der Waals surface area contributed by atoms with E-state index in [0.29, 0.717) is 16.3 Å². The normalized spacial score (nSPS) is 11.0. The Labute approximate surface area is 147 Å². The van der Waals surface area contributed by atoms with Gasteiger partial charge in [0.05, 0.1) is 16.6 Å². The van der Waals surface area contributed by atoms with Gasteiger partial charge >= 0.3 is 0 Å². The molecule has 7 nitrogen and oxygen atoms in total. The first-order valence-electron chi connectivity index (χ1n) is 7.19. The predicted octanol–water partition coefficient (Wildman–Crippen LogP) is 2.97. The van der Waals surface area contributed by atoms with E-state index in [9.17, 15) is 4.79 Å². The average molecular weight is 360 g/mol. The highest BCUT2D eigenvalue weighted by atomic mass is 32.2. The summed E-state index contributed by atoms with van der Waals surface area (Å²) in [7, 11) is 1.82. The topological polar surface area (TPSA) is 85.6 Å². The summed E-state index contributed by atoms with van der Waals surface area (Å²) < 4.78 is 2.47. The van der Waals surface area contributed by atoms with Crippen LogP contribution >= 0.6 is 23.1 Å². The summed E-state index contributed by atoms with van der Waals surface area (Å²) in [5.41, 5.74) is 2.76. The standard InChI is InChI=1S/C15H16N6OS2/c1-5-6-23-15-19-18-14(24-15)17-13(22)10-7-8(2)16-12-11(10)9(3)20-21(12)4/h5,7H,1,6H2,2-4H3,(H,17,18,22). The van der Waals surface area contributed by atoms with Crippen LogP contribution < -0.4 is 5.32 Å². The van der Waals surface area contributed by atoms with Crippen LogP contribution in [-0.2, 0) is 7.05 Å². The third kappa shape index (κ3) is 3.17. The van der Waals surface area contributed by atoms with E-state index in [1.807, 2.05) is 20.9 Å². The highest BCUT2D eigenvalue weighted by molar-refractivity contribution is 8.01. The quantitative estimate of drug-likeness (QED) is 0.428. The molecule has 0 aliphatic rings. The van der Waals surface area contributed by atoms with Gasteiger partial charge in [0, 0.05) is 18.5 Å². The first-order valence-corrected chi connectivity index (χ1v) is 8.99. The molecule has 0 unspecified atom stereocenters. The lowest BCUT2D eigenvalue weighted by Gasteiger charge is -2.05. The summed E-state index contributed by atoms with van der Waals surface area (Å²) in [5, 5.41) is 16.4. The third-order valence-electron chi connectivity index (χ3n) is 3.29. The molecule has 0 atom stereocenters. The first-order chi connectivity index (χ1) is 11.5. The van der Waals surface area contributed by atoms with Gasteiger partial charge in [-0.1, -0.05) is 29.2 Å². The molecule has 0 fully saturated rings. The number of hydrogen-bond acceptors (Lipinski definition) is 7. The Morgan fingerprint density at radius 2 is 2.25 bits per heavy atom. The Bertz CT molecular complexity index is 930. The summed E-state index contributed by atoms with van der Waals surface area (Å²) in [4.78, 5) is 17.2. The van der Waals surface area contributed by atoms with Crippen molar-refractivity contribution in [3.63, 3.8) is 0 Å². The Balaban J connectivity index is 1.91. The van der Waals surface area contributed by atoms with Gasteiger partial charge in [0.2, 0.25) is 5.13 Å². The second kappa shape index (κ2) is 6.70. The fraction of sp³-hybridized carbons (Fsp3) is 0.267. The van der Waals surface area contributed by atoms with Gasteiger partial charge in [0.1, 0.15) is 0 Å². The van der Waals surface area contributed by atoms with Crippen molar-refractivity contribution in [3.05, 3.63) is 35.7 Å². The van der Waals surface area contributed by atoms with Gasteiger partial charge in [-0.15, -0.1) is 16.8 Å². The molecule has 3 heterocycles. The van der Waals surface area contributed by atoms with Gasteiger partial charge in [-0.3, -0.25) is 14.8 Å². The molecular weight excluding hydrogens is 344 g/mol. The second-order valence-corrected chi connectivity index (χ2v) is 7.39. The molecule has 24 heavy (non-hydrogen) atoms. The summed E-state index contributed by atoms with van der Waals surface area (Å²) in [6.45, 7) is 7.39. The lowest BCUT2D eigenvalue weighted by atomic mass is 10.1. The molecular formula is C15H16N6OS2. The monoisotopic (exact) mass is 360 g/mol. The van der Waals surface area contributed by atoms with Crippen molar-refractivity contribution in [2.24, 2.45) is 7.05 Å². The number of thioether (sulfide) groups is 1. The van der Waals surface area contributed by atoms with Gasteiger partial charge in [0.15, 0.2) is 9.99 Å². The zero-order chi connectivity index (χ0) is 17.3. The highest BCUT2D eigenvalue weighted by Gasteiger charge is 2.19. The zero-order valence-corrected chi connectivity index (χ0v) is 15.2. The van der Waals surface area contributed by atoms with E-state index >= 15 is 0 Å². The second-order valence-electron chi connectivity index (χ2n) is 5.15. The fourth-order valence-electron chi connectivity index (χ4n) is 2.36. The minimum Gasteiger partial charge on any atom is -0.296 e. The Morgan fingerprint density at radius 1 is 1.46 bits per heavy atom. The molecule has 0 aliphatic heterocycles. The van der Waals surface area contributed by atoms with Crippen molar-refractivity contribution in [3.8, 4) is 0 Å². The summed E-state index contributed by atoms with van der Waals surface area (Å²) in [5.74, 6) is 0.514. The lowest BCUT2D eigenvalue weighted by molar-refractivity contribution is 0.102. The number of aryl methyl sites for hydroxylation is 3. The maximum atomic E-state index is 12.7. The van der Waals surface area contributed by atoms with Gasteiger partial charge < -0.3 is 0 Å². The molecule has 3 rings (SSSR count). The van der Waals surface area contributed by atoms with Crippen LogP contribution in [0.25, 0.3) is 11.0 Å². The molecule has 3 aromatic rings. The Kier molecular flexibility index (Phi) is 4.63. The molecule has 1 N–H and O–H groups in total. The number of pyridine rings is 1. The van der Waals surface area contributed by atoms with Crippen LogP contribution in [0.1, 0.15) is 21.7 Å². The number of nitrogens with zero attached hydrogens (tertiary/aromatic N) is 5. The largest absolute Gasteiger partial charge is 0.296 e. The van der Waals surface area contributed by atoms with Gasteiger partial charge in [0.25, 0.3) is 5.91 Å². The number of anilines is 1. The van der Waals surface area contributed by atoms with Crippen LogP contribution in [0, 0.1) is 13.8 Å². The van der Waals surface area contributed by atoms with Crippen molar-refractivity contribution < 1.29 is 4.79 Å². The van der Waals surface area contributed by atoms with Crippen molar-refractivity contribution in [1.82, 2.24) is 25.0 Å². The average Bonchev–Trinajstić information content (AvgIpc) is 3.09. The smallest absolute Gasteiger partial charge is 0.258 e. The highest BCUT2D eigenvalue weighted by Crippen LogP contribution is 2.27. The number of amides is 1. The van der Waals surface area contributed by atoms with E-state index < -0.39 is 0 Å². The SMILES string of the molecule is C=CCSc1nnc(NC(=O)c2cc(C)nc3c2c(C)nn3C)s1. The van der Waals surface area contributed by atoms with Crippen LogP contribution in [0.5, 0.6) is 0 Å². The summed E-state index contributed by atoms with van der Waals surface area (Å²) in [6, 6.07) is 1.76. The lowest BCUT2D eigenvalue weighted by Crippen LogP contribution is -2.13. The molecule has 0 saturated carbocycles. The third-order valence-corrected chi connectivity index (χ3v) is 5.26. The molecule has 0 bridgehead atoms. The van der Waals surface area contributed by atoms with Crippen LogP contribution in [0.3, 0.4) is 0 Å². The van der Waals surface area contributed by atoms with Gasteiger partial charge in [-0.05, 0) is 19.9 Å². The molecule has 0 radical (unpaired) electrons. The Morgan fingerprint density at radius 3 is 3.00 bits per heavy atom. The first kappa shape index (κ1) is 16.6. The molecule has 124 valence electrons. The summed E-state index contributed by atoms with van der Waals surface area (Å²) in [6.07, 6.45) is 1.80. The minimum absolute atomic E-state index is 0.238. The fourth-order valence-corrected chi connectivity index (χ4v) is 3.87. The minimum atomic E-state index is -0.238. The molecule has 1 amide bonds. The van der Waals surface area contributed by atoms with Crippen molar-refractivity contribution in [2.45, 2.75) is 18.2 Å². The van der Waals surface area contributed by atoms with E-state index in [-0.39, 0.29) is 5.91 Å². The van der Waals surface area contributed by atoms with Crippen molar-refractivity contribution >= 4 is 45.2 Å². The van der Waals surface area contributed by atoms with E-state index in [1.165, 1.54) is 23.1 Å². The van der Waals surface area contributed by atoms with E-state index in [1.54, 1.807) is 16.8 Å². The van der Waals surface area contributed by atoms with E-state index in [0.717, 1.165) is 26.9 Å². The maximum Gasteiger partial charge on any atom is 0.258 e. The van der Waals surface area contributed by atoms with Crippen LogP contribution in [0.4, 0.5) is 5.13 Å². The number of fused-ring (bicyclic) bond motifs is 1. The molecule has 0 aliphatic carbocycles. The summed E-state index contributed by atoms with van der Waals surface area (Å²) >= 11 is 2.87. The number of hydrogen-bond donors (Lipinski definition) is 1. The van der Waals surface area contributed by atoms with Crippen LogP contribution in [0.15, 0.2) is 23.1 Å². The van der Waals surface area contributed by atoms with Crippen LogP contribution in [0.2, 0.25) is 0 Å². The van der Waals surface area contributed by atoms with Crippen molar-refractivity contribution in [2.75, 3.05) is 11.1 Å².